The number of imide groups is 1. The number of methoxy groups -OCH3 is 1. The molecular formula is C18H27N3O7. The number of nitrogens with zero attached hydrogens (tertiary/aromatic N) is 1. The number of carbonyl (C=O) groups excluding carboxylic acids is 5. The molecule has 0 bridgehead atoms. The molecule has 0 aromatic rings. The molecule has 2 N–H and O–H groups in total. The zero-order chi connectivity index (χ0) is 20.7. The lowest BCUT2D eigenvalue weighted by atomic mass is 9.73. The van der Waals surface area contributed by atoms with Crippen molar-refractivity contribution in [1.29, 1.82) is 0 Å². The summed E-state index contributed by atoms with van der Waals surface area (Å²) in [5.74, 6) is -2.16. The van der Waals surface area contributed by atoms with Crippen molar-refractivity contribution in [2.45, 2.75) is 51.0 Å². The standard InChI is InChI=1S/C18H27N3O7/c1-12-6-3-4-8-18(12)16(25)21(17(26)20-18)10-15(24)28-11-13(22)19-9-5-7-14(23)27-2/h12H,3-11H2,1-2H3,(H,19,22)(H,20,26)/t12-,18+/m0/s1. The lowest BCUT2D eigenvalue weighted by Gasteiger charge is -2.36. The fourth-order valence-electron chi connectivity index (χ4n) is 3.57. The van der Waals surface area contributed by atoms with E-state index in [9.17, 15) is 24.0 Å². The predicted molar refractivity (Wildman–Crippen MR) is 95.8 cm³/mol. The van der Waals surface area contributed by atoms with Crippen LogP contribution in [0, 0.1) is 5.92 Å². The summed E-state index contributed by atoms with van der Waals surface area (Å²) in [6.07, 6.45) is 3.80. The Balaban J connectivity index is 1.75. The molecule has 28 heavy (non-hydrogen) atoms. The predicted octanol–water partition coefficient (Wildman–Crippen LogP) is 0.0997. The van der Waals surface area contributed by atoms with Gasteiger partial charge in [-0.1, -0.05) is 19.8 Å². The zero-order valence-corrected chi connectivity index (χ0v) is 16.2. The normalized spacial score (nSPS) is 24.1. The molecule has 10 nitrogen and oxygen atoms in total. The van der Waals surface area contributed by atoms with Crippen LogP contribution in [0.15, 0.2) is 0 Å². The fourth-order valence-corrected chi connectivity index (χ4v) is 3.57. The highest BCUT2D eigenvalue weighted by Gasteiger charge is 2.55. The Morgan fingerprint density at radius 3 is 2.68 bits per heavy atom. The van der Waals surface area contributed by atoms with Gasteiger partial charge in [0.2, 0.25) is 0 Å². The van der Waals surface area contributed by atoms with Crippen LogP contribution < -0.4 is 10.6 Å². The molecule has 2 atom stereocenters. The second kappa shape index (κ2) is 9.52. The van der Waals surface area contributed by atoms with Crippen LogP contribution in [-0.4, -0.2) is 67.0 Å². The summed E-state index contributed by atoms with van der Waals surface area (Å²) in [7, 11) is 1.28. The van der Waals surface area contributed by atoms with Crippen molar-refractivity contribution in [3.05, 3.63) is 0 Å². The monoisotopic (exact) mass is 397 g/mol. The minimum atomic E-state index is -0.938. The van der Waals surface area contributed by atoms with Gasteiger partial charge in [0.25, 0.3) is 11.8 Å². The molecular weight excluding hydrogens is 370 g/mol. The topological polar surface area (TPSA) is 131 Å². The summed E-state index contributed by atoms with van der Waals surface area (Å²) >= 11 is 0. The van der Waals surface area contributed by atoms with E-state index in [4.69, 9.17) is 4.74 Å². The van der Waals surface area contributed by atoms with Crippen LogP contribution in [0.25, 0.3) is 0 Å². The van der Waals surface area contributed by atoms with Gasteiger partial charge in [0.15, 0.2) is 6.61 Å². The number of amides is 4. The third-order valence-corrected chi connectivity index (χ3v) is 5.26. The Morgan fingerprint density at radius 2 is 2.00 bits per heavy atom. The average Bonchev–Trinajstić information content (AvgIpc) is 2.90. The van der Waals surface area contributed by atoms with E-state index >= 15 is 0 Å². The first-order chi connectivity index (χ1) is 13.3. The van der Waals surface area contributed by atoms with Crippen molar-refractivity contribution < 1.29 is 33.4 Å². The average molecular weight is 397 g/mol. The Bertz CT molecular complexity index is 651. The van der Waals surface area contributed by atoms with Gasteiger partial charge in [-0.2, -0.15) is 0 Å². The van der Waals surface area contributed by atoms with E-state index in [1.807, 2.05) is 6.92 Å². The van der Waals surface area contributed by atoms with E-state index in [-0.39, 0.29) is 24.9 Å². The van der Waals surface area contributed by atoms with Crippen molar-refractivity contribution >= 4 is 29.8 Å². The number of ether oxygens (including phenoxy) is 2. The van der Waals surface area contributed by atoms with Gasteiger partial charge in [-0.3, -0.25) is 24.1 Å². The van der Waals surface area contributed by atoms with Gasteiger partial charge in [-0.05, 0) is 25.2 Å². The Hall–Kier alpha value is -2.65. The maximum atomic E-state index is 12.7. The first kappa shape index (κ1) is 21.6. The van der Waals surface area contributed by atoms with Gasteiger partial charge in [-0.15, -0.1) is 0 Å². The quantitative estimate of drug-likeness (QED) is 0.337. The first-order valence-corrected chi connectivity index (χ1v) is 9.43. The molecule has 1 spiro atoms. The minimum absolute atomic E-state index is 0.00510. The highest BCUT2D eigenvalue weighted by Crippen LogP contribution is 2.38. The largest absolute Gasteiger partial charge is 0.469 e. The van der Waals surface area contributed by atoms with Crippen LogP contribution in [0.5, 0.6) is 0 Å². The number of esters is 2. The molecule has 1 aliphatic carbocycles. The summed E-state index contributed by atoms with van der Waals surface area (Å²) in [5, 5.41) is 5.25. The number of nitrogens with one attached hydrogen (secondary N) is 2. The van der Waals surface area contributed by atoms with E-state index in [2.05, 4.69) is 15.4 Å². The molecule has 2 aliphatic rings. The third-order valence-electron chi connectivity index (χ3n) is 5.26. The van der Waals surface area contributed by atoms with Crippen LogP contribution in [0.3, 0.4) is 0 Å². The molecule has 1 aliphatic heterocycles. The van der Waals surface area contributed by atoms with Crippen LogP contribution in [0.2, 0.25) is 0 Å². The second-order valence-corrected chi connectivity index (χ2v) is 7.13. The van der Waals surface area contributed by atoms with Crippen molar-refractivity contribution in [3.63, 3.8) is 0 Å². The lowest BCUT2D eigenvalue weighted by Crippen LogP contribution is -2.54. The second-order valence-electron chi connectivity index (χ2n) is 7.13. The highest BCUT2D eigenvalue weighted by atomic mass is 16.5. The van der Waals surface area contributed by atoms with Crippen molar-refractivity contribution in [3.8, 4) is 0 Å². The van der Waals surface area contributed by atoms with Crippen molar-refractivity contribution in [2.75, 3.05) is 26.8 Å². The Labute approximate surface area is 163 Å². The molecule has 4 amide bonds. The maximum Gasteiger partial charge on any atom is 0.326 e. The molecule has 1 saturated heterocycles. The number of rotatable bonds is 8. The first-order valence-electron chi connectivity index (χ1n) is 9.43. The van der Waals surface area contributed by atoms with Gasteiger partial charge in [0.1, 0.15) is 12.1 Å². The molecule has 156 valence electrons. The summed E-state index contributed by atoms with van der Waals surface area (Å²) in [6.45, 7) is 1.10. The summed E-state index contributed by atoms with van der Waals surface area (Å²) in [5.41, 5.74) is -0.938. The summed E-state index contributed by atoms with van der Waals surface area (Å²) in [4.78, 5) is 60.4. The SMILES string of the molecule is COC(=O)CCCNC(=O)COC(=O)CN1C(=O)N[C@@]2(CCCC[C@@H]2C)C1=O. The molecule has 2 fully saturated rings. The van der Waals surface area contributed by atoms with Gasteiger partial charge >= 0.3 is 18.0 Å². The van der Waals surface area contributed by atoms with Gasteiger partial charge in [-0.25, -0.2) is 4.79 Å². The van der Waals surface area contributed by atoms with E-state index in [0.29, 0.717) is 12.8 Å². The van der Waals surface area contributed by atoms with E-state index < -0.39 is 42.5 Å². The van der Waals surface area contributed by atoms with Crippen molar-refractivity contribution in [2.24, 2.45) is 5.92 Å². The van der Waals surface area contributed by atoms with E-state index in [0.717, 1.165) is 24.2 Å². The molecule has 0 radical (unpaired) electrons. The van der Waals surface area contributed by atoms with Crippen LogP contribution in [0.4, 0.5) is 4.79 Å². The molecule has 0 aromatic carbocycles. The van der Waals surface area contributed by atoms with Gasteiger partial charge < -0.3 is 20.1 Å². The molecule has 2 rings (SSSR count). The van der Waals surface area contributed by atoms with Gasteiger partial charge in [0, 0.05) is 13.0 Å². The maximum absolute atomic E-state index is 12.7. The molecule has 1 heterocycles. The number of hydrogen-bond acceptors (Lipinski definition) is 7. The molecule has 1 saturated carbocycles. The summed E-state index contributed by atoms with van der Waals surface area (Å²) < 4.78 is 9.33. The van der Waals surface area contributed by atoms with Gasteiger partial charge in [0.05, 0.1) is 7.11 Å². The number of carbonyl (C=O) groups is 5. The molecule has 0 aromatic heterocycles. The Kier molecular flexibility index (Phi) is 7.36. The van der Waals surface area contributed by atoms with E-state index in [1.165, 1.54) is 7.11 Å². The van der Waals surface area contributed by atoms with Crippen LogP contribution >= 0.6 is 0 Å². The smallest absolute Gasteiger partial charge is 0.326 e. The summed E-state index contributed by atoms with van der Waals surface area (Å²) in [6, 6.07) is -0.608. The number of urea groups is 1. The third kappa shape index (κ3) is 4.99. The fraction of sp³-hybridized carbons (Fsp3) is 0.722. The van der Waals surface area contributed by atoms with Crippen LogP contribution in [0.1, 0.15) is 45.4 Å². The van der Waals surface area contributed by atoms with Crippen LogP contribution in [-0.2, 0) is 28.7 Å². The zero-order valence-electron chi connectivity index (χ0n) is 16.2. The highest BCUT2D eigenvalue weighted by molar-refractivity contribution is 6.09. The molecule has 0 unspecified atom stereocenters. The van der Waals surface area contributed by atoms with Crippen molar-refractivity contribution in [1.82, 2.24) is 15.5 Å². The minimum Gasteiger partial charge on any atom is -0.469 e. The van der Waals surface area contributed by atoms with E-state index in [1.54, 1.807) is 0 Å². The Morgan fingerprint density at radius 1 is 1.25 bits per heavy atom. The molecule has 10 heteroatoms. The number of hydrogen-bond donors (Lipinski definition) is 2. The lowest BCUT2D eigenvalue weighted by molar-refractivity contribution is -0.151.